The molecule has 0 aliphatic carbocycles. The molecule has 0 saturated heterocycles. The Morgan fingerprint density at radius 1 is 0.415 bits per heavy atom. The smallest absolute Gasteiger partial charge is 0.305 e. The lowest BCUT2D eigenvalue weighted by Gasteiger charge is -2.31. The Labute approximate surface area is 325 Å². The Morgan fingerprint density at radius 2 is 0.736 bits per heavy atom. The number of ether oxygens (including phenoxy) is 4. The molecule has 0 aromatic heterocycles. The molecule has 0 heterocycles. The first-order valence-corrected chi connectivity index (χ1v) is 21.9. The molecule has 0 amide bonds. The molecule has 312 valence electrons. The molecule has 0 spiro atoms. The summed E-state index contributed by atoms with van der Waals surface area (Å²) in [4.78, 5) is 54.0. The van der Waals surface area contributed by atoms with E-state index in [1.807, 2.05) is 14.1 Å². The van der Waals surface area contributed by atoms with Crippen molar-refractivity contribution in [2.24, 2.45) is 11.3 Å². The lowest BCUT2D eigenvalue weighted by Crippen LogP contribution is -2.44. The zero-order valence-corrected chi connectivity index (χ0v) is 35.4. The van der Waals surface area contributed by atoms with Crippen molar-refractivity contribution in [2.75, 3.05) is 47.1 Å². The van der Waals surface area contributed by atoms with Gasteiger partial charge >= 0.3 is 23.9 Å². The topological polar surface area (TPSA) is 108 Å². The van der Waals surface area contributed by atoms with Gasteiger partial charge in [-0.15, -0.1) is 0 Å². The van der Waals surface area contributed by atoms with Crippen molar-refractivity contribution >= 4 is 23.9 Å². The minimum absolute atomic E-state index is 0.176. The molecule has 0 atom stereocenters. The second-order valence-electron chi connectivity index (χ2n) is 15.8. The fourth-order valence-electron chi connectivity index (χ4n) is 6.39. The molecule has 0 rings (SSSR count). The van der Waals surface area contributed by atoms with Crippen molar-refractivity contribution in [3.63, 3.8) is 0 Å². The monoisotopic (exact) mass is 754 g/mol. The van der Waals surface area contributed by atoms with Crippen LogP contribution in [-0.4, -0.2) is 75.8 Å². The zero-order chi connectivity index (χ0) is 39.4. The first-order chi connectivity index (χ1) is 25.6. The Balaban J connectivity index is 5.78. The third-order valence-electron chi connectivity index (χ3n) is 10.1. The first kappa shape index (κ1) is 50.8. The van der Waals surface area contributed by atoms with Gasteiger partial charge < -0.3 is 23.8 Å². The lowest BCUT2D eigenvalue weighted by molar-refractivity contribution is -0.170. The van der Waals surface area contributed by atoms with E-state index in [9.17, 15) is 19.2 Å². The largest absolute Gasteiger partial charge is 0.465 e. The van der Waals surface area contributed by atoms with Crippen LogP contribution in [0.2, 0.25) is 0 Å². The van der Waals surface area contributed by atoms with Crippen LogP contribution in [0.1, 0.15) is 201 Å². The van der Waals surface area contributed by atoms with Crippen LogP contribution in [0.4, 0.5) is 0 Å². The minimum atomic E-state index is -1.20. The number of esters is 4. The standard InChI is InChI=1S/C44H83NO8/c1-7-11-15-19-23-29-40(46)50-35-44(36-51-41(47)30-24-20-16-12-8-2,37-52-42(48)31-25-26-34-45(5)6)38-53-43(49)33-32-39(27-21-17-13-9-3)28-22-18-14-10-4/h39H,7-38H2,1-6H3. The van der Waals surface area contributed by atoms with E-state index in [0.29, 0.717) is 18.8 Å². The van der Waals surface area contributed by atoms with Crippen LogP contribution < -0.4 is 0 Å². The van der Waals surface area contributed by atoms with Gasteiger partial charge in [0.2, 0.25) is 0 Å². The van der Waals surface area contributed by atoms with Gasteiger partial charge in [0.15, 0.2) is 0 Å². The fourth-order valence-corrected chi connectivity index (χ4v) is 6.39. The quantitative estimate of drug-likeness (QED) is 0.0346. The number of carbonyl (C=O) groups is 4. The second kappa shape index (κ2) is 35.5. The van der Waals surface area contributed by atoms with E-state index in [2.05, 4.69) is 32.6 Å². The van der Waals surface area contributed by atoms with Crippen LogP contribution in [0.15, 0.2) is 0 Å². The van der Waals surface area contributed by atoms with Gasteiger partial charge in [-0.2, -0.15) is 0 Å². The summed E-state index contributed by atoms with van der Waals surface area (Å²) in [5.41, 5.74) is -1.20. The molecule has 9 nitrogen and oxygen atoms in total. The maximum absolute atomic E-state index is 13.3. The number of hydrogen-bond donors (Lipinski definition) is 0. The van der Waals surface area contributed by atoms with Gasteiger partial charge in [0.1, 0.15) is 31.8 Å². The Bertz CT molecular complexity index is 866. The number of rotatable bonds is 38. The van der Waals surface area contributed by atoms with Gasteiger partial charge in [0.05, 0.1) is 0 Å². The number of unbranched alkanes of at least 4 members (excludes halogenated alkanes) is 15. The molecular weight excluding hydrogens is 670 g/mol. The average Bonchev–Trinajstić information content (AvgIpc) is 3.14. The van der Waals surface area contributed by atoms with Gasteiger partial charge in [0.25, 0.3) is 0 Å². The van der Waals surface area contributed by atoms with Crippen LogP contribution in [0.25, 0.3) is 0 Å². The lowest BCUT2D eigenvalue weighted by atomic mass is 9.90. The first-order valence-electron chi connectivity index (χ1n) is 21.9. The predicted octanol–water partition coefficient (Wildman–Crippen LogP) is 10.9. The van der Waals surface area contributed by atoms with Crippen LogP contribution in [-0.2, 0) is 38.1 Å². The summed E-state index contributed by atoms with van der Waals surface area (Å²) in [6.45, 7) is 8.90. The summed E-state index contributed by atoms with van der Waals surface area (Å²) in [5.74, 6) is -0.947. The molecule has 0 aromatic carbocycles. The fraction of sp³-hybridized carbons (Fsp3) is 0.909. The molecule has 53 heavy (non-hydrogen) atoms. The summed E-state index contributed by atoms with van der Waals surface area (Å²) < 4.78 is 23.2. The van der Waals surface area contributed by atoms with Crippen molar-refractivity contribution in [1.29, 1.82) is 0 Å². The zero-order valence-electron chi connectivity index (χ0n) is 35.4. The van der Waals surface area contributed by atoms with E-state index in [4.69, 9.17) is 18.9 Å². The molecule has 0 N–H and O–H groups in total. The Morgan fingerprint density at radius 3 is 1.09 bits per heavy atom. The number of nitrogens with zero attached hydrogens (tertiary/aromatic N) is 1. The van der Waals surface area contributed by atoms with Gasteiger partial charge in [-0.25, -0.2) is 0 Å². The summed E-state index contributed by atoms with van der Waals surface area (Å²) in [6.07, 6.45) is 25.3. The summed E-state index contributed by atoms with van der Waals surface area (Å²) in [5, 5.41) is 0. The highest BCUT2D eigenvalue weighted by Gasteiger charge is 2.38. The van der Waals surface area contributed by atoms with E-state index in [1.54, 1.807) is 0 Å². The SMILES string of the molecule is CCCCCCCC(=O)OCC(COC(=O)CCCCCCC)(COC(=O)CCCCN(C)C)COC(=O)CCC(CCCCCC)CCCCCC. The summed E-state index contributed by atoms with van der Waals surface area (Å²) in [7, 11) is 3.99. The predicted molar refractivity (Wildman–Crippen MR) is 216 cm³/mol. The molecule has 0 aliphatic rings. The average molecular weight is 754 g/mol. The van der Waals surface area contributed by atoms with Crippen molar-refractivity contribution in [3.05, 3.63) is 0 Å². The van der Waals surface area contributed by atoms with E-state index in [-0.39, 0.29) is 69.6 Å². The molecule has 0 aliphatic heterocycles. The third-order valence-corrected chi connectivity index (χ3v) is 10.1. The Kier molecular flexibility index (Phi) is 34.1. The highest BCUT2D eigenvalue weighted by Crippen LogP contribution is 2.26. The van der Waals surface area contributed by atoms with Gasteiger partial charge in [0, 0.05) is 25.7 Å². The van der Waals surface area contributed by atoms with Crippen LogP contribution in [0.3, 0.4) is 0 Å². The molecule has 0 unspecified atom stereocenters. The Hall–Kier alpha value is -2.16. The van der Waals surface area contributed by atoms with E-state index < -0.39 is 5.41 Å². The maximum Gasteiger partial charge on any atom is 0.305 e. The molecule has 0 bridgehead atoms. The normalized spacial score (nSPS) is 11.6. The number of carbonyl (C=O) groups excluding carboxylic acids is 4. The highest BCUT2D eigenvalue weighted by atomic mass is 16.6. The molecule has 0 fully saturated rings. The second-order valence-corrected chi connectivity index (χ2v) is 15.8. The van der Waals surface area contributed by atoms with E-state index in [0.717, 1.165) is 96.4 Å². The molecule has 0 radical (unpaired) electrons. The van der Waals surface area contributed by atoms with Crippen LogP contribution in [0, 0.1) is 11.3 Å². The van der Waals surface area contributed by atoms with E-state index in [1.165, 1.54) is 51.4 Å². The van der Waals surface area contributed by atoms with Crippen molar-refractivity contribution in [2.45, 2.75) is 201 Å². The van der Waals surface area contributed by atoms with Crippen LogP contribution in [0.5, 0.6) is 0 Å². The van der Waals surface area contributed by atoms with Gasteiger partial charge in [-0.05, 0) is 58.7 Å². The van der Waals surface area contributed by atoms with Crippen molar-refractivity contribution in [3.8, 4) is 0 Å². The summed E-state index contributed by atoms with van der Waals surface area (Å²) in [6, 6.07) is 0. The third kappa shape index (κ3) is 31.9. The molecule has 9 heteroatoms. The highest BCUT2D eigenvalue weighted by molar-refractivity contribution is 5.71. The van der Waals surface area contributed by atoms with Gasteiger partial charge in [-0.1, -0.05) is 143 Å². The van der Waals surface area contributed by atoms with E-state index >= 15 is 0 Å². The van der Waals surface area contributed by atoms with Crippen molar-refractivity contribution < 1.29 is 38.1 Å². The van der Waals surface area contributed by atoms with Gasteiger partial charge in [-0.3, -0.25) is 19.2 Å². The molecule has 0 saturated carbocycles. The number of hydrogen-bond acceptors (Lipinski definition) is 9. The van der Waals surface area contributed by atoms with Crippen molar-refractivity contribution in [1.82, 2.24) is 4.90 Å². The van der Waals surface area contributed by atoms with Crippen LogP contribution >= 0.6 is 0 Å². The molecular formula is C44H83NO8. The summed E-state index contributed by atoms with van der Waals surface area (Å²) >= 11 is 0. The minimum Gasteiger partial charge on any atom is -0.465 e. The molecule has 0 aromatic rings. The maximum atomic E-state index is 13.3.